The van der Waals surface area contributed by atoms with E-state index in [2.05, 4.69) is 15.1 Å². The van der Waals surface area contributed by atoms with Crippen molar-refractivity contribution in [2.45, 2.75) is 30.5 Å². The lowest BCUT2D eigenvalue weighted by Crippen LogP contribution is -1.97. The molecule has 0 spiro atoms. The summed E-state index contributed by atoms with van der Waals surface area (Å²) in [5, 5.41) is 13.4. The van der Waals surface area contributed by atoms with Gasteiger partial charge in [-0.05, 0) is 12.1 Å². The molecule has 2 aromatic rings. The molecule has 0 atom stereocenters. The molecule has 2 heterocycles. The van der Waals surface area contributed by atoms with Gasteiger partial charge in [-0.15, -0.1) is 0 Å². The molecule has 6 nitrogen and oxygen atoms in total. The molecule has 2 aromatic heterocycles. The van der Waals surface area contributed by atoms with E-state index in [0.29, 0.717) is 22.5 Å². The number of carboxylic acid groups (broad SMARTS) is 1. The zero-order valence-electron chi connectivity index (χ0n) is 10.5. The summed E-state index contributed by atoms with van der Waals surface area (Å²) in [4.78, 5) is 19.2. The number of hydrogen-bond acceptors (Lipinski definition) is 6. The van der Waals surface area contributed by atoms with Crippen molar-refractivity contribution < 1.29 is 14.4 Å². The van der Waals surface area contributed by atoms with Crippen LogP contribution < -0.4 is 0 Å². The van der Waals surface area contributed by atoms with E-state index in [9.17, 15) is 4.79 Å². The van der Waals surface area contributed by atoms with Gasteiger partial charge in [0, 0.05) is 12.1 Å². The second-order valence-corrected chi connectivity index (χ2v) is 5.18. The van der Waals surface area contributed by atoms with E-state index in [1.54, 1.807) is 0 Å². The van der Waals surface area contributed by atoms with Crippen LogP contribution in [0.25, 0.3) is 0 Å². The number of carboxylic acids is 1. The molecule has 0 aliphatic rings. The lowest BCUT2D eigenvalue weighted by atomic mass is 10.2. The van der Waals surface area contributed by atoms with Gasteiger partial charge in [-0.1, -0.05) is 30.8 Å². The van der Waals surface area contributed by atoms with Crippen LogP contribution in [0.1, 0.15) is 41.8 Å². The van der Waals surface area contributed by atoms with Gasteiger partial charge < -0.3 is 9.63 Å². The number of nitrogens with zero attached hydrogens (tertiary/aromatic N) is 3. The average molecular weight is 279 g/mol. The smallest absolute Gasteiger partial charge is 0.335 e. The van der Waals surface area contributed by atoms with Crippen molar-refractivity contribution in [2.24, 2.45) is 0 Å². The summed E-state index contributed by atoms with van der Waals surface area (Å²) in [6.45, 7) is 3.95. The Kier molecular flexibility index (Phi) is 4.16. The Bertz CT molecular complexity index is 583. The minimum atomic E-state index is -0.967. The molecule has 0 aromatic carbocycles. The molecule has 0 amide bonds. The van der Waals surface area contributed by atoms with E-state index in [1.165, 1.54) is 30.1 Å². The SMILES string of the molecule is CC(C)c1nc(CSc2cc(C(=O)O)ccn2)no1. The first-order valence-corrected chi connectivity index (χ1v) is 6.69. The van der Waals surface area contributed by atoms with Crippen LogP contribution in [0.3, 0.4) is 0 Å². The number of pyridine rings is 1. The van der Waals surface area contributed by atoms with Gasteiger partial charge >= 0.3 is 5.97 Å². The predicted molar refractivity (Wildman–Crippen MR) is 69.1 cm³/mol. The van der Waals surface area contributed by atoms with Crippen molar-refractivity contribution in [1.29, 1.82) is 0 Å². The monoisotopic (exact) mass is 279 g/mol. The highest BCUT2D eigenvalue weighted by molar-refractivity contribution is 7.98. The minimum absolute atomic E-state index is 0.194. The second kappa shape index (κ2) is 5.83. The third-order valence-electron chi connectivity index (χ3n) is 2.31. The lowest BCUT2D eigenvalue weighted by molar-refractivity contribution is 0.0696. The fourth-order valence-electron chi connectivity index (χ4n) is 1.32. The molecule has 0 saturated heterocycles. The molecular formula is C12H13N3O3S. The van der Waals surface area contributed by atoms with Crippen LogP contribution >= 0.6 is 11.8 Å². The number of thioether (sulfide) groups is 1. The highest BCUT2D eigenvalue weighted by atomic mass is 32.2. The lowest BCUT2D eigenvalue weighted by Gasteiger charge is -1.99. The molecule has 0 aliphatic heterocycles. The zero-order valence-corrected chi connectivity index (χ0v) is 11.3. The molecular weight excluding hydrogens is 266 g/mol. The van der Waals surface area contributed by atoms with Crippen LogP contribution in [0, 0.1) is 0 Å². The summed E-state index contributed by atoms with van der Waals surface area (Å²) < 4.78 is 5.09. The fraction of sp³-hybridized carbons (Fsp3) is 0.333. The average Bonchev–Trinajstić information content (AvgIpc) is 2.85. The Morgan fingerprint density at radius 1 is 1.53 bits per heavy atom. The second-order valence-electron chi connectivity index (χ2n) is 4.18. The van der Waals surface area contributed by atoms with Gasteiger partial charge in [-0.2, -0.15) is 4.98 Å². The standard InChI is InChI=1S/C12H13N3O3S/c1-7(2)11-14-9(15-18-11)6-19-10-5-8(12(16)17)3-4-13-10/h3-5,7H,6H2,1-2H3,(H,16,17). The van der Waals surface area contributed by atoms with Gasteiger partial charge in [0.15, 0.2) is 5.82 Å². The van der Waals surface area contributed by atoms with Crippen molar-refractivity contribution in [3.63, 3.8) is 0 Å². The first-order valence-electron chi connectivity index (χ1n) is 5.71. The van der Waals surface area contributed by atoms with Crippen LogP contribution in [-0.2, 0) is 5.75 Å². The van der Waals surface area contributed by atoms with E-state index < -0.39 is 5.97 Å². The largest absolute Gasteiger partial charge is 0.478 e. The van der Waals surface area contributed by atoms with Gasteiger partial charge in [0.25, 0.3) is 0 Å². The molecule has 0 radical (unpaired) electrons. The van der Waals surface area contributed by atoms with Gasteiger partial charge in [-0.25, -0.2) is 9.78 Å². The highest BCUT2D eigenvalue weighted by Gasteiger charge is 2.11. The van der Waals surface area contributed by atoms with Crippen molar-refractivity contribution in [1.82, 2.24) is 15.1 Å². The van der Waals surface area contributed by atoms with Crippen molar-refractivity contribution in [2.75, 3.05) is 0 Å². The minimum Gasteiger partial charge on any atom is -0.478 e. The molecule has 19 heavy (non-hydrogen) atoms. The Labute approximate surface area is 114 Å². The fourth-order valence-corrected chi connectivity index (χ4v) is 2.06. The maximum Gasteiger partial charge on any atom is 0.335 e. The van der Waals surface area contributed by atoms with E-state index in [-0.39, 0.29) is 11.5 Å². The normalized spacial score (nSPS) is 10.9. The molecule has 1 N–H and O–H groups in total. The van der Waals surface area contributed by atoms with Gasteiger partial charge in [0.2, 0.25) is 5.89 Å². The van der Waals surface area contributed by atoms with Gasteiger partial charge in [0.1, 0.15) is 0 Å². The van der Waals surface area contributed by atoms with Crippen molar-refractivity contribution >= 4 is 17.7 Å². The molecule has 100 valence electrons. The van der Waals surface area contributed by atoms with Crippen LogP contribution in [-0.4, -0.2) is 26.2 Å². The Balaban J connectivity index is 2.01. The number of aromatic carboxylic acids is 1. The molecule has 0 saturated carbocycles. The van der Waals surface area contributed by atoms with E-state index >= 15 is 0 Å². The molecule has 0 aliphatic carbocycles. The van der Waals surface area contributed by atoms with Crippen molar-refractivity contribution in [3.8, 4) is 0 Å². The summed E-state index contributed by atoms with van der Waals surface area (Å²) in [6, 6.07) is 2.98. The number of hydrogen-bond donors (Lipinski definition) is 1. The highest BCUT2D eigenvalue weighted by Crippen LogP contribution is 2.21. The first-order chi connectivity index (χ1) is 9.06. The summed E-state index contributed by atoms with van der Waals surface area (Å²) in [5.74, 6) is 0.899. The van der Waals surface area contributed by atoms with Crippen LogP contribution in [0.15, 0.2) is 27.9 Å². The first kappa shape index (κ1) is 13.5. The Morgan fingerprint density at radius 2 is 2.32 bits per heavy atom. The molecule has 7 heteroatoms. The van der Waals surface area contributed by atoms with Gasteiger partial charge in [0.05, 0.1) is 16.3 Å². The maximum absolute atomic E-state index is 10.8. The Hall–Kier alpha value is -1.89. The summed E-state index contributed by atoms with van der Waals surface area (Å²) in [5.41, 5.74) is 0.216. The zero-order chi connectivity index (χ0) is 13.8. The summed E-state index contributed by atoms with van der Waals surface area (Å²) in [6.07, 6.45) is 1.47. The van der Waals surface area contributed by atoms with Crippen LogP contribution in [0.4, 0.5) is 0 Å². The summed E-state index contributed by atoms with van der Waals surface area (Å²) in [7, 11) is 0. The topological polar surface area (TPSA) is 89.1 Å². The molecule has 0 bridgehead atoms. The molecule has 0 fully saturated rings. The van der Waals surface area contributed by atoms with Crippen molar-refractivity contribution in [3.05, 3.63) is 35.6 Å². The number of aromatic nitrogens is 3. The maximum atomic E-state index is 10.8. The quantitative estimate of drug-likeness (QED) is 0.841. The van der Waals surface area contributed by atoms with E-state index in [4.69, 9.17) is 9.63 Å². The van der Waals surface area contributed by atoms with Crippen LogP contribution in [0.5, 0.6) is 0 Å². The van der Waals surface area contributed by atoms with E-state index in [1.807, 2.05) is 13.8 Å². The van der Waals surface area contributed by atoms with E-state index in [0.717, 1.165) is 0 Å². The predicted octanol–water partition coefficient (Wildman–Crippen LogP) is 2.58. The third-order valence-corrected chi connectivity index (χ3v) is 3.23. The Morgan fingerprint density at radius 3 is 2.95 bits per heavy atom. The molecule has 2 rings (SSSR count). The van der Waals surface area contributed by atoms with Gasteiger partial charge in [-0.3, -0.25) is 0 Å². The third kappa shape index (κ3) is 3.54. The van der Waals surface area contributed by atoms with Crippen LogP contribution in [0.2, 0.25) is 0 Å². The number of carbonyl (C=O) groups is 1. The molecule has 0 unspecified atom stereocenters. The summed E-state index contributed by atoms with van der Waals surface area (Å²) >= 11 is 1.37. The number of rotatable bonds is 5.